The van der Waals surface area contributed by atoms with Crippen LogP contribution in [-0.4, -0.2) is 0 Å². The highest BCUT2D eigenvalue weighted by molar-refractivity contribution is 5.44. The topological polar surface area (TPSA) is 52.0 Å². The molecule has 4 aromatic rings. The van der Waals surface area contributed by atoms with Gasteiger partial charge in [0.1, 0.15) is 0 Å². The molecule has 2 heteroatoms. The van der Waals surface area contributed by atoms with Crippen LogP contribution >= 0.6 is 0 Å². The van der Waals surface area contributed by atoms with Gasteiger partial charge in [-0.05, 0) is 95.7 Å². The molecule has 4 N–H and O–H groups in total. The molecule has 264 valence electrons. The lowest BCUT2D eigenvalue weighted by molar-refractivity contribution is 0.444. The fourth-order valence-corrected chi connectivity index (χ4v) is 7.61. The van der Waals surface area contributed by atoms with E-state index in [0.29, 0.717) is 17.8 Å². The van der Waals surface area contributed by atoms with Crippen molar-refractivity contribution in [1.29, 1.82) is 0 Å². The van der Waals surface area contributed by atoms with Gasteiger partial charge < -0.3 is 11.5 Å². The summed E-state index contributed by atoms with van der Waals surface area (Å²) in [5.41, 5.74) is 22.3. The Morgan fingerprint density at radius 1 is 0.367 bits per heavy atom. The van der Waals surface area contributed by atoms with Crippen molar-refractivity contribution in [3.8, 4) is 0 Å². The lowest BCUT2D eigenvalue weighted by Crippen LogP contribution is -2.10. The molecule has 0 fully saturated rings. The second-order valence-electron chi connectivity index (χ2n) is 14.7. The second kappa shape index (κ2) is 21.5. The van der Waals surface area contributed by atoms with Gasteiger partial charge in [-0.3, -0.25) is 0 Å². The zero-order valence-corrected chi connectivity index (χ0v) is 31.1. The smallest absolute Gasteiger partial charge is 0.0314 e. The summed E-state index contributed by atoms with van der Waals surface area (Å²) in [7, 11) is 0. The highest BCUT2D eigenvalue weighted by atomic mass is 14.5. The normalized spacial score (nSPS) is 13.3. The Labute approximate surface area is 300 Å². The summed E-state index contributed by atoms with van der Waals surface area (Å²) < 4.78 is 0. The van der Waals surface area contributed by atoms with E-state index >= 15 is 0 Å². The first-order chi connectivity index (χ1) is 24.0. The zero-order chi connectivity index (χ0) is 34.7. The van der Waals surface area contributed by atoms with Crippen LogP contribution in [0.25, 0.3) is 0 Å². The molecule has 0 amide bonds. The van der Waals surface area contributed by atoms with E-state index in [1.165, 1.54) is 130 Å². The average Bonchev–Trinajstić information content (AvgIpc) is 3.12. The number of anilines is 2. The Morgan fingerprint density at radius 2 is 0.694 bits per heavy atom. The number of hydrogen-bond acceptors (Lipinski definition) is 2. The largest absolute Gasteiger partial charge is 0.399 e. The van der Waals surface area contributed by atoms with Gasteiger partial charge >= 0.3 is 0 Å². The molecule has 4 rings (SSSR count). The summed E-state index contributed by atoms with van der Waals surface area (Å²) in [5, 5.41) is 0. The van der Waals surface area contributed by atoms with Crippen LogP contribution in [0.15, 0.2) is 97.1 Å². The Balaban J connectivity index is 1.45. The minimum absolute atomic E-state index is 0.427. The van der Waals surface area contributed by atoms with E-state index in [-0.39, 0.29) is 0 Å². The van der Waals surface area contributed by atoms with Crippen molar-refractivity contribution in [2.45, 2.75) is 142 Å². The fraction of sp³-hybridized carbons (Fsp3) is 0.489. The van der Waals surface area contributed by atoms with Crippen molar-refractivity contribution in [3.63, 3.8) is 0 Å². The molecule has 0 aromatic heterocycles. The molecule has 0 bridgehead atoms. The van der Waals surface area contributed by atoms with Crippen molar-refractivity contribution in [3.05, 3.63) is 130 Å². The molecule has 2 atom stereocenters. The van der Waals surface area contributed by atoms with Crippen molar-refractivity contribution in [1.82, 2.24) is 0 Å². The summed E-state index contributed by atoms with van der Waals surface area (Å²) in [6.45, 7) is 6.87. The predicted molar refractivity (Wildman–Crippen MR) is 215 cm³/mol. The summed E-state index contributed by atoms with van der Waals surface area (Å²) in [6.07, 6.45) is 21.8. The van der Waals surface area contributed by atoms with Gasteiger partial charge in [0.2, 0.25) is 0 Å². The van der Waals surface area contributed by atoms with Gasteiger partial charge in [0.05, 0.1) is 0 Å². The average molecular weight is 659 g/mol. The molecular weight excluding hydrogens is 593 g/mol. The first kappa shape index (κ1) is 38.3. The first-order valence-corrected chi connectivity index (χ1v) is 19.9. The van der Waals surface area contributed by atoms with Crippen LogP contribution in [0.3, 0.4) is 0 Å². The van der Waals surface area contributed by atoms with E-state index in [4.69, 9.17) is 11.5 Å². The molecule has 0 aliphatic carbocycles. The monoisotopic (exact) mass is 659 g/mol. The second-order valence-corrected chi connectivity index (χ2v) is 14.7. The highest BCUT2D eigenvalue weighted by Gasteiger charge is 2.17. The molecule has 49 heavy (non-hydrogen) atoms. The number of unbranched alkanes of at least 4 members (excludes halogenated alkanes) is 9. The van der Waals surface area contributed by atoms with E-state index in [1.807, 2.05) is 24.3 Å². The molecular formula is C47H66N2. The van der Waals surface area contributed by atoms with E-state index in [2.05, 4.69) is 93.6 Å². The maximum absolute atomic E-state index is 6.03. The molecule has 0 spiro atoms. The van der Waals surface area contributed by atoms with Crippen LogP contribution in [0.1, 0.15) is 162 Å². The van der Waals surface area contributed by atoms with Gasteiger partial charge in [-0.1, -0.05) is 171 Å². The van der Waals surface area contributed by atoms with Crippen LogP contribution in [0, 0.1) is 5.92 Å². The SMILES string of the molecule is CCCCCCCCCCC(Cc1ccc(C(CCCC)c2ccc(N)cc2)cc1)Cc1ccc(C(CCCC)c2ccc(N)cc2)cc1. The van der Waals surface area contributed by atoms with Crippen molar-refractivity contribution >= 4 is 11.4 Å². The lowest BCUT2D eigenvalue weighted by atomic mass is 9.84. The molecule has 0 aliphatic heterocycles. The summed E-state index contributed by atoms with van der Waals surface area (Å²) >= 11 is 0. The fourth-order valence-electron chi connectivity index (χ4n) is 7.61. The standard InChI is InChI=1S/C47H66N2/c1-4-7-10-11-12-13-14-15-16-39(35-37-19-23-40(24-20-37)46(17-8-5-2)42-27-31-44(48)32-28-42)36-38-21-25-41(26-22-38)47(18-9-6-3)43-29-33-45(49)34-30-43/h19-34,39,46-47H,4-18,35-36,48-49H2,1-3H3. The number of nitrogens with two attached hydrogens (primary N) is 2. The number of rotatable bonds is 23. The van der Waals surface area contributed by atoms with Crippen LogP contribution in [0.2, 0.25) is 0 Å². The molecule has 0 saturated heterocycles. The van der Waals surface area contributed by atoms with E-state index in [1.54, 1.807) is 0 Å². The zero-order valence-electron chi connectivity index (χ0n) is 31.1. The minimum Gasteiger partial charge on any atom is -0.399 e. The summed E-state index contributed by atoms with van der Waals surface area (Å²) in [4.78, 5) is 0. The molecule has 0 saturated carbocycles. The Morgan fingerprint density at radius 3 is 1.06 bits per heavy atom. The Kier molecular flexibility index (Phi) is 16.8. The molecule has 0 radical (unpaired) electrons. The van der Waals surface area contributed by atoms with Crippen molar-refractivity contribution < 1.29 is 0 Å². The molecule has 2 unspecified atom stereocenters. The number of hydrogen-bond donors (Lipinski definition) is 2. The van der Waals surface area contributed by atoms with Gasteiger partial charge in [-0.25, -0.2) is 0 Å². The molecule has 4 aromatic carbocycles. The van der Waals surface area contributed by atoms with E-state index in [9.17, 15) is 0 Å². The van der Waals surface area contributed by atoms with Crippen LogP contribution in [0.5, 0.6) is 0 Å². The minimum atomic E-state index is 0.427. The third-order valence-corrected chi connectivity index (χ3v) is 10.6. The highest BCUT2D eigenvalue weighted by Crippen LogP contribution is 2.33. The Bertz CT molecular complexity index is 1320. The van der Waals surface area contributed by atoms with E-state index in [0.717, 1.165) is 24.2 Å². The van der Waals surface area contributed by atoms with Gasteiger partial charge in [0.25, 0.3) is 0 Å². The lowest BCUT2D eigenvalue weighted by Gasteiger charge is -2.21. The maximum Gasteiger partial charge on any atom is 0.0314 e. The number of benzene rings is 4. The van der Waals surface area contributed by atoms with Crippen LogP contribution in [-0.2, 0) is 12.8 Å². The molecule has 2 nitrogen and oxygen atoms in total. The van der Waals surface area contributed by atoms with Crippen molar-refractivity contribution in [2.75, 3.05) is 11.5 Å². The maximum atomic E-state index is 6.03. The quantitative estimate of drug-likeness (QED) is 0.0615. The Hall–Kier alpha value is -3.52. The van der Waals surface area contributed by atoms with Gasteiger partial charge in [-0.2, -0.15) is 0 Å². The summed E-state index contributed by atoms with van der Waals surface area (Å²) in [6, 6.07) is 36.4. The van der Waals surface area contributed by atoms with Gasteiger partial charge in [0, 0.05) is 23.2 Å². The van der Waals surface area contributed by atoms with Gasteiger partial charge in [0.15, 0.2) is 0 Å². The van der Waals surface area contributed by atoms with Crippen LogP contribution < -0.4 is 11.5 Å². The molecule has 0 aliphatic rings. The summed E-state index contributed by atoms with van der Waals surface area (Å²) in [5.74, 6) is 1.50. The number of nitrogen functional groups attached to an aromatic ring is 2. The van der Waals surface area contributed by atoms with Crippen LogP contribution in [0.4, 0.5) is 11.4 Å². The third-order valence-electron chi connectivity index (χ3n) is 10.6. The van der Waals surface area contributed by atoms with Crippen molar-refractivity contribution in [2.24, 2.45) is 5.92 Å². The third kappa shape index (κ3) is 13.0. The molecule has 0 heterocycles. The van der Waals surface area contributed by atoms with E-state index < -0.39 is 0 Å². The first-order valence-electron chi connectivity index (χ1n) is 19.9. The van der Waals surface area contributed by atoms with Gasteiger partial charge in [-0.15, -0.1) is 0 Å². The predicted octanol–water partition coefficient (Wildman–Crippen LogP) is 13.4.